The second-order valence-corrected chi connectivity index (χ2v) is 5.92. The van der Waals surface area contributed by atoms with Gasteiger partial charge in [0.25, 0.3) is 0 Å². The van der Waals surface area contributed by atoms with Gasteiger partial charge in [-0.15, -0.1) is 0 Å². The highest BCUT2D eigenvalue weighted by molar-refractivity contribution is 9.10. The number of nitrogens with two attached hydrogens (primary N) is 1. The standard InChI is InChI=1S/C15H15BrClFN2/c16-11-4-1-3-10(7-11)8-12(20-19)9-13-14(17)5-2-6-15(13)18/h1-7,12,20H,8-9,19H2. The van der Waals surface area contributed by atoms with Crippen LogP contribution >= 0.6 is 27.5 Å². The number of halogens is 3. The fourth-order valence-electron chi connectivity index (χ4n) is 2.11. The first-order valence-corrected chi connectivity index (χ1v) is 7.40. The molecule has 5 heteroatoms. The predicted molar refractivity (Wildman–Crippen MR) is 84.1 cm³/mol. The van der Waals surface area contributed by atoms with Gasteiger partial charge in [0.1, 0.15) is 5.82 Å². The van der Waals surface area contributed by atoms with Gasteiger partial charge >= 0.3 is 0 Å². The fourth-order valence-corrected chi connectivity index (χ4v) is 2.80. The molecule has 0 spiro atoms. The van der Waals surface area contributed by atoms with E-state index in [9.17, 15) is 4.39 Å². The molecule has 0 heterocycles. The van der Waals surface area contributed by atoms with E-state index in [0.717, 1.165) is 10.0 Å². The van der Waals surface area contributed by atoms with Crippen LogP contribution in [-0.4, -0.2) is 6.04 Å². The number of benzene rings is 2. The lowest BCUT2D eigenvalue weighted by Gasteiger charge is -2.17. The molecule has 20 heavy (non-hydrogen) atoms. The summed E-state index contributed by atoms with van der Waals surface area (Å²) in [5.41, 5.74) is 4.35. The normalized spacial score (nSPS) is 12.4. The molecule has 1 atom stereocenters. The monoisotopic (exact) mass is 356 g/mol. The molecule has 0 saturated heterocycles. The van der Waals surface area contributed by atoms with Gasteiger partial charge in [0.15, 0.2) is 0 Å². The van der Waals surface area contributed by atoms with Crippen molar-refractivity contribution in [1.29, 1.82) is 0 Å². The van der Waals surface area contributed by atoms with Crippen molar-refractivity contribution in [3.63, 3.8) is 0 Å². The van der Waals surface area contributed by atoms with Crippen LogP contribution in [0.2, 0.25) is 5.02 Å². The summed E-state index contributed by atoms with van der Waals surface area (Å²) in [6.45, 7) is 0. The summed E-state index contributed by atoms with van der Waals surface area (Å²) < 4.78 is 14.8. The first kappa shape index (κ1) is 15.4. The molecule has 0 saturated carbocycles. The van der Waals surface area contributed by atoms with Gasteiger partial charge in [0.05, 0.1) is 0 Å². The van der Waals surface area contributed by atoms with Gasteiger partial charge in [0.2, 0.25) is 0 Å². The van der Waals surface area contributed by atoms with Crippen molar-refractivity contribution >= 4 is 27.5 Å². The number of hydrogen-bond acceptors (Lipinski definition) is 2. The van der Waals surface area contributed by atoms with E-state index >= 15 is 0 Å². The number of hydrazine groups is 1. The molecule has 2 aromatic rings. The number of rotatable bonds is 5. The van der Waals surface area contributed by atoms with Gasteiger partial charge in [-0.3, -0.25) is 11.3 Å². The number of nitrogens with one attached hydrogen (secondary N) is 1. The van der Waals surface area contributed by atoms with E-state index in [1.165, 1.54) is 6.07 Å². The summed E-state index contributed by atoms with van der Waals surface area (Å²) in [6.07, 6.45) is 1.13. The molecule has 0 radical (unpaired) electrons. The molecule has 2 nitrogen and oxygen atoms in total. The van der Waals surface area contributed by atoms with Crippen molar-refractivity contribution in [2.75, 3.05) is 0 Å². The molecule has 0 aliphatic rings. The lowest BCUT2D eigenvalue weighted by Crippen LogP contribution is -2.38. The van der Waals surface area contributed by atoms with Crippen LogP contribution in [0.3, 0.4) is 0 Å². The zero-order chi connectivity index (χ0) is 14.5. The van der Waals surface area contributed by atoms with Crippen molar-refractivity contribution in [2.24, 2.45) is 5.84 Å². The van der Waals surface area contributed by atoms with Crippen LogP contribution in [0.1, 0.15) is 11.1 Å². The van der Waals surface area contributed by atoms with E-state index in [4.69, 9.17) is 17.4 Å². The van der Waals surface area contributed by atoms with E-state index in [1.807, 2.05) is 24.3 Å². The van der Waals surface area contributed by atoms with E-state index in [1.54, 1.807) is 12.1 Å². The first-order valence-electron chi connectivity index (χ1n) is 6.23. The van der Waals surface area contributed by atoms with Crippen molar-refractivity contribution < 1.29 is 4.39 Å². The zero-order valence-corrected chi connectivity index (χ0v) is 13.1. The van der Waals surface area contributed by atoms with Crippen molar-refractivity contribution in [2.45, 2.75) is 18.9 Å². The van der Waals surface area contributed by atoms with Crippen LogP contribution < -0.4 is 11.3 Å². The van der Waals surface area contributed by atoms with E-state index in [2.05, 4.69) is 21.4 Å². The highest BCUT2D eigenvalue weighted by Gasteiger charge is 2.14. The highest BCUT2D eigenvalue weighted by Crippen LogP contribution is 2.22. The lowest BCUT2D eigenvalue weighted by atomic mass is 9.99. The Hall–Kier alpha value is -0.940. The third-order valence-corrected chi connectivity index (χ3v) is 3.97. The van der Waals surface area contributed by atoms with Gasteiger partial charge in [-0.25, -0.2) is 4.39 Å². The van der Waals surface area contributed by atoms with Crippen LogP contribution in [0.25, 0.3) is 0 Å². The molecule has 0 aromatic heterocycles. The van der Waals surface area contributed by atoms with Gasteiger partial charge in [-0.1, -0.05) is 45.7 Å². The van der Waals surface area contributed by atoms with Gasteiger partial charge in [0, 0.05) is 21.1 Å². The third kappa shape index (κ3) is 4.03. The molecule has 106 valence electrons. The quantitative estimate of drug-likeness (QED) is 0.630. The molecule has 0 aliphatic carbocycles. The minimum Gasteiger partial charge on any atom is -0.271 e. The summed E-state index contributed by atoms with van der Waals surface area (Å²) in [7, 11) is 0. The summed E-state index contributed by atoms with van der Waals surface area (Å²) in [6, 6.07) is 12.6. The van der Waals surface area contributed by atoms with Crippen molar-refractivity contribution in [3.8, 4) is 0 Å². The molecular formula is C15H15BrClFN2. The van der Waals surface area contributed by atoms with Crippen molar-refractivity contribution in [3.05, 3.63) is 68.9 Å². The first-order chi connectivity index (χ1) is 9.60. The minimum absolute atomic E-state index is 0.0845. The maximum absolute atomic E-state index is 13.8. The molecule has 0 aliphatic heterocycles. The van der Waals surface area contributed by atoms with Gasteiger partial charge < -0.3 is 0 Å². The average Bonchev–Trinajstić information content (AvgIpc) is 2.42. The molecular weight excluding hydrogens is 343 g/mol. The number of hydrogen-bond donors (Lipinski definition) is 2. The van der Waals surface area contributed by atoms with E-state index in [0.29, 0.717) is 23.4 Å². The predicted octanol–water partition coefficient (Wildman–Crippen LogP) is 3.86. The Morgan fingerprint density at radius 2 is 1.95 bits per heavy atom. The van der Waals surface area contributed by atoms with Gasteiger partial charge in [-0.05, 0) is 42.7 Å². The van der Waals surface area contributed by atoms with Crippen molar-refractivity contribution in [1.82, 2.24) is 5.43 Å². The SMILES string of the molecule is NNC(Cc1cccc(Br)c1)Cc1c(F)cccc1Cl. The summed E-state index contributed by atoms with van der Waals surface area (Å²) >= 11 is 9.47. The maximum atomic E-state index is 13.8. The smallest absolute Gasteiger partial charge is 0.127 e. The summed E-state index contributed by atoms with van der Waals surface area (Å²) in [4.78, 5) is 0. The molecule has 3 N–H and O–H groups in total. The Morgan fingerprint density at radius 3 is 2.60 bits per heavy atom. The van der Waals surface area contributed by atoms with Gasteiger partial charge in [-0.2, -0.15) is 0 Å². The molecule has 2 rings (SSSR count). The van der Waals surface area contributed by atoms with Crippen LogP contribution in [-0.2, 0) is 12.8 Å². The molecule has 0 bridgehead atoms. The zero-order valence-electron chi connectivity index (χ0n) is 10.7. The van der Waals surface area contributed by atoms with Crippen LogP contribution in [0, 0.1) is 5.82 Å². The van der Waals surface area contributed by atoms with Crippen LogP contribution in [0.5, 0.6) is 0 Å². The lowest BCUT2D eigenvalue weighted by molar-refractivity contribution is 0.506. The highest BCUT2D eigenvalue weighted by atomic mass is 79.9. The molecule has 2 aromatic carbocycles. The molecule has 0 amide bonds. The summed E-state index contributed by atoms with van der Waals surface area (Å²) in [5, 5.41) is 0.430. The van der Waals surface area contributed by atoms with E-state index < -0.39 is 0 Å². The largest absolute Gasteiger partial charge is 0.271 e. The second kappa shape index (κ2) is 7.18. The van der Waals surface area contributed by atoms with Crippen LogP contribution in [0.15, 0.2) is 46.9 Å². The second-order valence-electron chi connectivity index (χ2n) is 4.60. The Kier molecular flexibility index (Phi) is 5.54. The maximum Gasteiger partial charge on any atom is 0.127 e. The Bertz CT molecular complexity index is 572. The molecule has 1 unspecified atom stereocenters. The Balaban J connectivity index is 2.13. The molecule has 0 fully saturated rings. The average molecular weight is 358 g/mol. The van der Waals surface area contributed by atoms with Crippen LogP contribution in [0.4, 0.5) is 4.39 Å². The Morgan fingerprint density at radius 1 is 1.20 bits per heavy atom. The topological polar surface area (TPSA) is 38.0 Å². The minimum atomic E-state index is -0.299. The van der Waals surface area contributed by atoms with E-state index in [-0.39, 0.29) is 11.9 Å². The third-order valence-electron chi connectivity index (χ3n) is 3.12. The summed E-state index contributed by atoms with van der Waals surface area (Å²) in [5.74, 6) is 5.28. The Labute approximate surface area is 131 Å². The fraction of sp³-hybridized carbons (Fsp3) is 0.200.